The van der Waals surface area contributed by atoms with E-state index in [4.69, 9.17) is 14.2 Å². The summed E-state index contributed by atoms with van der Waals surface area (Å²) in [6.07, 6.45) is -3.13. The second-order valence-corrected chi connectivity index (χ2v) is 6.14. The Hall–Kier alpha value is -2.68. The largest absolute Gasteiger partial charge is 0.508 e. The summed E-state index contributed by atoms with van der Waals surface area (Å²) in [5.41, 5.74) is 0.612. The van der Waals surface area contributed by atoms with Gasteiger partial charge in [0.15, 0.2) is 17.6 Å². The Morgan fingerprint density at radius 2 is 1.74 bits per heavy atom. The number of hydrogen-bond acceptors (Lipinski definition) is 8. The lowest BCUT2D eigenvalue weighted by molar-refractivity contribution is -0.111. The zero-order valence-corrected chi connectivity index (χ0v) is 14.7. The predicted molar refractivity (Wildman–Crippen MR) is 94.1 cm³/mol. The molecule has 146 valence electrons. The van der Waals surface area contributed by atoms with E-state index in [0.29, 0.717) is 18.8 Å². The Labute approximate surface area is 155 Å². The second-order valence-electron chi connectivity index (χ2n) is 6.14. The lowest BCUT2D eigenvalue weighted by Crippen LogP contribution is -2.36. The van der Waals surface area contributed by atoms with Crippen molar-refractivity contribution >= 4 is 0 Å². The first kappa shape index (κ1) is 19.1. The monoisotopic (exact) mass is 378 g/mol. The zero-order chi connectivity index (χ0) is 19.6. The summed E-state index contributed by atoms with van der Waals surface area (Å²) in [7, 11) is 0. The molecule has 8 nitrogen and oxygen atoms in total. The van der Waals surface area contributed by atoms with Crippen LogP contribution in [0.15, 0.2) is 30.3 Å². The number of aromatic hydroxyl groups is 4. The Morgan fingerprint density at radius 3 is 2.44 bits per heavy atom. The van der Waals surface area contributed by atoms with Crippen LogP contribution >= 0.6 is 0 Å². The first-order chi connectivity index (χ1) is 12.9. The molecule has 0 saturated carbocycles. The molecule has 0 spiro atoms. The molecule has 2 aromatic carbocycles. The molecular formula is C19H22O8. The van der Waals surface area contributed by atoms with Crippen molar-refractivity contribution in [3.8, 4) is 28.7 Å². The maximum absolute atomic E-state index is 10.8. The van der Waals surface area contributed by atoms with E-state index in [1.54, 1.807) is 0 Å². The van der Waals surface area contributed by atoms with Crippen molar-refractivity contribution in [2.75, 3.05) is 19.8 Å². The third-order valence-corrected chi connectivity index (χ3v) is 4.32. The Morgan fingerprint density at radius 1 is 0.963 bits per heavy atom. The summed E-state index contributed by atoms with van der Waals surface area (Å²) in [6.45, 7) is 2.84. The van der Waals surface area contributed by atoms with Crippen LogP contribution in [0.5, 0.6) is 28.7 Å². The van der Waals surface area contributed by atoms with Crippen LogP contribution in [0.1, 0.15) is 30.3 Å². The molecule has 1 aliphatic heterocycles. The molecule has 3 rings (SSSR count). The molecule has 0 amide bonds. The molecular weight excluding hydrogens is 356 g/mol. The molecule has 3 atom stereocenters. The van der Waals surface area contributed by atoms with E-state index in [9.17, 15) is 25.5 Å². The van der Waals surface area contributed by atoms with Gasteiger partial charge < -0.3 is 39.7 Å². The molecule has 0 aromatic heterocycles. The van der Waals surface area contributed by atoms with Gasteiger partial charge in [-0.25, -0.2) is 0 Å². The summed E-state index contributed by atoms with van der Waals surface area (Å²) >= 11 is 0. The zero-order valence-electron chi connectivity index (χ0n) is 14.7. The van der Waals surface area contributed by atoms with Gasteiger partial charge in [0.1, 0.15) is 29.5 Å². The Kier molecular flexibility index (Phi) is 5.59. The molecule has 1 aliphatic rings. The Bertz CT molecular complexity index is 807. The molecule has 0 radical (unpaired) electrons. The van der Waals surface area contributed by atoms with Crippen molar-refractivity contribution in [2.24, 2.45) is 0 Å². The van der Waals surface area contributed by atoms with Gasteiger partial charge >= 0.3 is 0 Å². The van der Waals surface area contributed by atoms with Crippen molar-refractivity contribution < 1.29 is 39.7 Å². The summed E-state index contributed by atoms with van der Waals surface area (Å²) < 4.78 is 16.7. The SMILES string of the molecule is CCOCCO[C@H]1c2c(O)cc(O)cc2O[C@H](c2ccc(O)c(O)c2)[C@@H]1O. The van der Waals surface area contributed by atoms with E-state index in [2.05, 4.69) is 0 Å². The van der Waals surface area contributed by atoms with Crippen molar-refractivity contribution in [1.82, 2.24) is 0 Å². The lowest BCUT2D eigenvalue weighted by Gasteiger charge is -2.37. The maximum atomic E-state index is 10.8. The van der Waals surface area contributed by atoms with Crippen LogP contribution in [-0.2, 0) is 9.47 Å². The number of benzene rings is 2. The van der Waals surface area contributed by atoms with Gasteiger partial charge in [0, 0.05) is 18.7 Å². The minimum absolute atomic E-state index is 0.150. The molecule has 0 aliphatic carbocycles. The van der Waals surface area contributed by atoms with Crippen LogP contribution in [-0.4, -0.2) is 51.5 Å². The van der Waals surface area contributed by atoms with Gasteiger partial charge in [0.25, 0.3) is 0 Å². The summed E-state index contributed by atoms with van der Waals surface area (Å²) in [6, 6.07) is 6.50. The number of fused-ring (bicyclic) bond motifs is 1. The van der Waals surface area contributed by atoms with E-state index in [-0.39, 0.29) is 40.9 Å². The van der Waals surface area contributed by atoms with E-state index in [0.717, 1.165) is 6.07 Å². The van der Waals surface area contributed by atoms with Crippen LogP contribution in [0, 0.1) is 0 Å². The van der Waals surface area contributed by atoms with Gasteiger partial charge in [-0.2, -0.15) is 0 Å². The molecule has 1 heterocycles. The van der Waals surface area contributed by atoms with Crippen molar-refractivity contribution in [3.05, 3.63) is 41.5 Å². The normalized spacial score (nSPS) is 21.5. The van der Waals surface area contributed by atoms with E-state index >= 15 is 0 Å². The maximum Gasteiger partial charge on any atom is 0.157 e. The molecule has 27 heavy (non-hydrogen) atoms. The first-order valence-electron chi connectivity index (χ1n) is 8.54. The molecule has 5 N–H and O–H groups in total. The summed E-state index contributed by atoms with van der Waals surface area (Å²) in [4.78, 5) is 0. The van der Waals surface area contributed by atoms with Crippen LogP contribution < -0.4 is 4.74 Å². The fourth-order valence-electron chi connectivity index (χ4n) is 3.06. The highest BCUT2D eigenvalue weighted by atomic mass is 16.6. The number of aliphatic hydroxyl groups is 1. The van der Waals surface area contributed by atoms with Gasteiger partial charge in [-0.15, -0.1) is 0 Å². The number of hydrogen-bond donors (Lipinski definition) is 5. The standard InChI is InChI=1S/C19H22O8/c1-2-25-5-6-26-19-16-14(23)8-11(20)9-15(16)27-18(17(19)24)10-3-4-12(21)13(22)7-10/h3-4,7-9,17-24H,2,5-6H2,1H3/t17-,18+,19-/m0/s1. The van der Waals surface area contributed by atoms with Crippen molar-refractivity contribution in [2.45, 2.75) is 25.2 Å². The third kappa shape index (κ3) is 3.87. The van der Waals surface area contributed by atoms with Crippen molar-refractivity contribution in [1.29, 1.82) is 0 Å². The molecule has 0 fully saturated rings. The number of rotatable bonds is 6. The molecule has 0 bridgehead atoms. The van der Waals surface area contributed by atoms with Gasteiger partial charge in [-0.1, -0.05) is 6.07 Å². The molecule has 0 unspecified atom stereocenters. The average Bonchev–Trinajstić information content (AvgIpc) is 2.62. The van der Waals surface area contributed by atoms with Gasteiger partial charge in [-0.3, -0.25) is 0 Å². The second kappa shape index (κ2) is 7.91. The molecule has 0 saturated heterocycles. The average molecular weight is 378 g/mol. The van der Waals surface area contributed by atoms with Gasteiger partial charge in [0.2, 0.25) is 0 Å². The van der Waals surface area contributed by atoms with Crippen LogP contribution in [0.25, 0.3) is 0 Å². The van der Waals surface area contributed by atoms with E-state index in [1.165, 1.54) is 24.3 Å². The lowest BCUT2D eigenvalue weighted by atomic mass is 9.91. The van der Waals surface area contributed by atoms with Gasteiger partial charge in [0.05, 0.1) is 18.8 Å². The molecule has 2 aromatic rings. The predicted octanol–water partition coefficient (Wildman–Crippen LogP) is 2.10. The minimum Gasteiger partial charge on any atom is -0.508 e. The highest BCUT2D eigenvalue weighted by molar-refractivity contribution is 5.53. The van der Waals surface area contributed by atoms with Gasteiger partial charge in [-0.05, 0) is 24.6 Å². The summed E-state index contributed by atoms with van der Waals surface area (Å²) in [5.74, 6) is -0.983. The number of phenols is 4. The fourth-order valence-corrected chi connectivity index (χ4v) is 3.06. The number of ether oxygens (including phenoxy) is 3. The fraction of sp³-hybridized carbons (Fsp3) is 0.368. The van der Waals surface area contributed by atoms with Crippen LogP contribution in [0.2, 0.25) is 0 Å². The third-order valence-electron chi connectivity index (χ3n) is 4.32. The Balaban J connectivity index is 1.97. The highest BCUT2D eigenvalue weighted by Crippen LogP contribution is 2.48. The highest BCUT2D eigenvalue weighted by Gasteiger charge is 2.41. The van der Waals surface area contributed by atoms with E-state index in [1.807, 2.05) is 6.92 Å². The quantitative estimate of drug-likeness (QED) is 0.382. The van der Waals surface area contributed by atoms with Crippen LogP contribution in [0.3, 0.4) is 0 Å². The van der Waals surface area contributed by atoms with Crippen molar-refractivity contribution in [3.63, 3.8) is 0 Å². The number of phenolic OH excluding ortho intramolecular Hbond substituents is 4. The number of aliphatic hydroxyl groups excluding tert-OH is 1. The smallest absolute Gasteiger partial charge is 0.157 e. The van der Waals surface area contributed by atoms with Crippen LogP contribution in [0.4, 0.5) is 0 Å². The minimum atomic E-state index is -1.22. The van der Waals surface area contributed by atoms with E-state index < -0.39 is 18.3 Å². The summed E-state index contributed by atoms with van der Waals surface area (Å²) in [5, 5.41) is 50.1. The first-order valence-corrected chi connectivity index (χ1v) is 8.54. The topological polar surface area (TPSA) is 129 Å². The molecule has 8 heteroatoms.